The average molecular weight is 400 g/mol. The van der Waals surface area contributed by atoms with Gasteiger partial charge in [0.2, 0.25) is 10.0 Å². The van der Waals surface area contributed by atoms with E-state index >= 15 is 0 Å². The number of aromatic carboxylic acids is 1. The van der Waals surface area contributed by atoms with Crippen LogP contribution in [0.25, 0.3) is 0 Å². The minimum absolute atomic E-state index is 0.0171. The van der Waals surface area contributed by atoms with E-state index in [0.29, 0.717) is 17.7 Å². The van der Waals surface area contributed by atoms with Crippen LogP contribution >= 0.6 is 15.9 Å². The van der Waals surface area contributed by atoms with Gasteiger partial charge in [-0.25, -0.2) is 13.2 Å². The van der Waals surface area contributed by atoms with E-state index in [1.165, 1.54) is 21.1 Å². The van der Waals surface area contributed by atoms with Crippen molar-refractivity contribution in [2.24, 2.45) is 7.05 Å². The highest BCUT2D eigenvalue weighted by Crippen LogP contribution is 2.27. The second-order valence-electron chi connectivity index (χ2n) is 5.25. The quantitative estimate of drug-likeness (QED) is 0.846. The lowest BCUT2D eigenvalue weighted by molar-refractivity contribution is 0.0683. The number of nitrogens with zero attached hydrogens (tertiary/aromatic N) is 3. The fraction of sp³-hybridized carbons (Fsp3) is 0.286. The monoisotopic (exact) mass is 399 g/mol. The van der Waals surface area contributed by atoms with Crippen LogP contribution in [0.2, 0.25) is 0 Å². The summed E-state index contributed by atoms with van der Waals surface area (Å²) in [4.78, 5) is 11.6. The first-order valence-electron chi connectivity index (χ1n) is 6.84. The molecule has 0 aliphatic carbocycles. The number of sulfonamides is 1. The van der Waals surface area contributed by atoms with E-state index in [1.54, 1.807) is 19.2 Å². The summed E-state index contributed by atoms with van der Waals surface area (Å²) in [6.07, 6.45) is 0.395. The summed E-state index contributed by atoms with van der Waals surface area (Å²) < 4.78 is 28.8. The van der Waals surface area contributed by atoms with Gasteiger partial charge in [-0.05, 0) is 24.3 Å². The zero-order valence-electron chi connectivity index (χ0n) is 12.2. The Bertz CT molecular complexity index is 874. The van der Waals surface area contributed by atoms with Gasteiger partial charge in [-0.15, -0.1) is 0 Å². The summed E-state index contributed by atoms with van der Waals surface area (Å²) in [6.45, 7) is 0.296. The van der Waals surface area contributed by atoms with Gasteiger partial charge in [0.1, 0.15) is 0 Å². The van der Waals surface area contributed by atoms with Gasteiger partial charge < -0.3 is 5.11 Å². The van der Waals surface area contributed by atoms with Crippen LogP contribution in [0, 0.1) is 0 Å². The second-order valence-corrected chi connectivity index (χ2v) is 8.10. The summed E-state index contributed by atoms with van der Waals surface area (Å²) in [6, 6.07) is 6.37. The van der Waals surface area contributed by atoms with Crippen molar-refractivity contribution < 1.29 is 18.3 Å². The molecule has 0 spiro atoms. The fourth-order valence-electron chi connectivity index (χ4n) is 2.70. The van der Waals surface area contributed by atoms with Crippen LogP contribution < -0.4 is 0 Å². The SMILES string of the molecule is Cn1nc2c(c1C(=O)O)CN(S(=O)(=O)c1ccc(Br)cc1)CC2. The van der Waals surface area contributed by atoms with Crippen molar-refractivity contribution in [2.75, 3.05) is 6.54 Å². The van der Waals surface area contributed by atoms with E-state index in [4.69, 9.17) is 0 Å². The zero-order valence-corrected chi connectivity index (χ0v) is 14.6. The molecule has 7 nitrogen and oxygen atoms in total. The highest BCUT2D eigenvalue weighted by Gasteiger charge is 2.33. The van der Waals surface area contributed by atoms with Crippen molar-refractivity contribution in [3.8, 4) is 0 Å². The molecule has 0 fully saturated rings. The smallest absolute Gasteiger partial charge is 0.354 e. The van der Waals surface area contributed by atoms with Crippen molar-refractivity contribution in [3.63, 3.8) is 0 Å². The first kappa shape index (κ1) is 16.2. The molecular weight excluding hydrogens is 386 g/mol. The number of rotatable bonds is 3. The average Bonchev–Trinajstić information content (AvgIpc) is 2.82. The molecule has 1 aliphatic rings. The van der Waals surface area contributed by atoms with Gasteiger partial charge in [-0.2, -0.15) is 9.40 Å². The molecular formula is C14H14BrN3O4S. The van der Waals surface area contributed by atoms with Gasteiger partial charge in [0.05, 0.1) is 10.6 Å². The van der Waals surface area contributed by atoms with Crippen LogP contribution in [0.15, 0.2) is 33.6 Å². The predicted octanol–water partition coefficient (Wildman–Crippen LogP) is 1.63. The Labute approximate surface area is 141 Å². The minimum Gasteiger partial charge on any atom is -0.477 e. The van der Waals surface area contributed by atoms with Gasteiger partial charge in [-0.3, -0.25) is 4.68 Å². The largest absolute Gasteiger partial charge is 0.477 e. The molecule has 1 aromatic carbocycles. The van der Waals surface area contributed by atoms with Gasteiger partial charge >= 0.3 is 5.97 Å². The van der Waals surface area contributed by atoms with Crippen LogP contribution in [0.1, 0.15) is 21.7 Å². The molecule has 0 unspecified atom stereocenters. The molecule has 122 valence electrons. The molecule has 1 aromatic heterocycles. The third-order valence-corrected chi connectivity index (χ3v) is 6.20. The molecule has 1 N–H and O–H groups in total. The van der Waals surface area contributed by atoms with Crippen LogP contribution in [0.4, 0.5) is 0 Å². The second kappa shape index (κ2) is 5.73. The van der Waals surface area contributed by atoms with Gasteiger partial charge in [0, 0.05) is 36.6 Å². The Morgan fingerprint density at radius 3 is 2.57 bits per heavy atom. The Hall–Kier alpha value is -1.71. The maximum absolute atomic E-state index is 12.7. The molecule has 0 saturated heterocycles. The van der Waals surface area contributed by atoms with E-state index in [1.807, 2.05) is 0 Å². The molecule has 0 amide bonds. The molecule has 9 heteroatoms. The van der Waals surface area contributed by atoms with E-state index in [0.717, 1.165) is 4.47 Å². The predicted molar refractivity (Wildman–Crippen MR) is 85.6 cm³/mol. The van der Waals surface area contributed by atoms with Gasteiger partial charge in [0.25, 0.3) is 0 Å². The molecule has 2 heterocycles. The molecule has 2 aromatic rings. The Morgan fingerprint density at radius 2 is 1.96 bits per heavy atom. The normalized spacial score (nSPS) is 15.4. The number of halogens is 1. The minimum atomic E-state index is -3.67. The highest BCUT2D eigenvalue weighted by atomic mass is 79.9. The first-order valence-corrected chi connectivity index (χ1v) is 9.08. The van der Waals surface area contributed by atoms with E-state index < -0.39 is 16.0 Å². The molecule has 0 saturated carbocycles. The molecule has 0 atom stereocenters. The standard InChI is InChI=1S/C14H14BrN3O4S/c1-17-13(14(19)20)11-8-18(7-6-12(11)16-17)23(21,22)10-4-2-9(15)3-5-10/h2-5H,6-8H2,1H3,(H,19,20). The van der Waals surface area contributed by atoms with Crippen LogP contribution in [0.3, 0.4) is 0 Å². The lowest BCUT2D eigenvalue weighted by Gasteiger charge is -2.26. The van der Waals surface area contributed by atoms with E-state index in [-0.39, 0.29) is 23.7 Å². The third kappa shape index (κ3) is 2.79. The Balaban J connectivity index is 1.98. The summed E-state index contributed by atoms with van der Waals surface area (Å²) in [5.74, 6) is -1.11. The number of carboxylic acids is 1. The lowest BCUT2D eigenvalue weighted by atomic mass is 10.1. The van der Waals surface area contributed by atoms with Gasteiger partial charge in [0.15, 0.2) is 5.69 Å². The Morgan fingerprint density at radius 1 is 1.30 bits per heavy atom. The number of benzene rings is 1. The summed E-state index contributed by atoms with van der Waals surface area (Å²) in [7, 11) is -2.12. The van der Waals surface area contributed by atoms with Crippen molar-refractivity contribution in [3.05, 3.63) is 45.7 Å². The van der Waals surface area contributed by atoms with Crippen molar-refractivity contribution in [1.29, 1.82) is 0 Å². The number of carboxylic acid groups (broad SMARTS) is 1. The number of fused-ring (bicyclic) bond motifs is 1. The molecule has 1 aliphatic heterocycles. The van der Waals surface area contributed by atoms with E-state index in [9.17, 15) is 18.3 Å². The maximum Gasteiger partial charge on any atom is 0.354 e. The van der Waals surface area contributed by atoms with Gasteiger partial charge in [-0.1, -0.05) is 15.9 Å². The number of hydrogen-bond acceptors (Lipinski definition) is 4. The highest BCUT2D eigenvalue weighted by molar-refractivity contribution is 9.10. The summed E-state index contributed by atoms with van der Waals surface area (Å²) in [5.41, 5.74) is 1.15. The topological polar surface area (TPSA) is 92.5 Å². The maximum atomic E-state index is 12.7. The summed E-state index contributed by atoms with van der Waals surface area (Å²) in [5, 5.41) is 13.5. The van der Waals surface area contributed by atoms with Crippen LogP contribution in [-0.4, -0.2) is 40.1 Å². The number of carbonyl (C=O) groups is 1. The molecule has 0 radical (unpaired) electrons. The zero-order chi connectivity index (χ0) is 16.8. The van der Waals surface area contributed by atoms with Crippen LogP contribution in [-0.2, 0) is 30.0 Å². The third-order valence-electron chi connectivity index (χ3n) is 3.81. The van der Waals surface area contributed by atoms with Crippen molar-refractivity contribution in [1.82, 2.24) is 14.1 Å². The van der Waals surface area contributed by atoms with E-state index in [2.05, 4.69) is 21.0 Å². The van der Waals surface area contributed by atoms with Crippen molar-refractivity contribution >= 4 is 31.9 Å². The molecule has 23 heavy (non-hydrogen) atoms. The van der Waals surface area contributed by atoms with Crippen LogP contribution in [0.5, 0.6) is 0 Å². The fourth-order valence-corrected chi connectivity index (χ4v) is 4.38. The summed E-state index contributed by atoms with van der Waals surface area (Å²) >= 11 is 3.27. The molecule has 3 rings (SSSR count). The number of aromatic nitrogens is 2. The first-order chi connectivity index (χ1) is 10.8. The number of hydrogen-bond donors (Lipinski definition) is 1. The lowest BCUT2D eigenvalue weighted by Crippen LogP contribution is -2.36. The Kier molecular flexibility index (Phi) is 4.03. The molecule has 0 bridgehead atoms. The number of aryl methyl sites for hydroxylation is 1. The van der Waals surface area contributed by atoms with Crippen molar-refractivity contribution in [2.45, 2.75) is 17.9 Å².